The van der Waals surface area contributed by atoms with E-state index in [1.54, 1.807) is 0 Å². The van der Waals surface area contributed by atoms with E-state index in [2.05, 4.69) is 324 Å². The molecule has 0 saturated carbocycles. The highest BCUT2D eigenvalue weighted by molar-refractivity contribution is 7.02. The smallest absolute Gasteiger partial charge is 0.260 e. The minimum absolute atomic E-state index is 0.199. The highest BCUT2D eigenvalue weighted by atomic mass is 16.5. The van der Waals surface area contributed by atoms with E-state index in [1.807, 2.05) is 0 Å². The lowest BCUT2D eigenvalue weighted by atomic mass is 9.31. The first-order valence-electron chi connectivity index (χ1n) is 29.2. The second-order valence-corrected chi connectivity index (χ2v) is 22.3. The summed E-state index contributed by atoms with van der Waals surface area (Å²) in [6.45, 7) is -0.408. The maximum atomic E-state index is 7.63. The molecule has 4 aliphatic heterocycles. The van der Waals surface area contributed by atoms with E-state index in [0.29, 0.717) is 0 Å². The molecule has 7 heteroatoms. The van der Waals surface area contributed by atoms with Crippen molar-refractivity contribution in [2.75, 3.05) is 14.7 Å². The van der Waals surface area contributed by atoms with Crippen LogP contribution in [0.4, 0.5) is 51.2 Å². The first-order chi connectivity index (χ1) is 42.2. The van der Waals surface area contributed by atoms with Gasteiger partial charge in [0, 0.05) is 74.5 Å². The minimum Gasteiger partial charge on any atom is -0.458 e. The van der Waals surface area contributed by atoms with E-state index in [0.717, 1.165) is 135 Å². The van der Waals surface area contributed by atoms with Crippen LogP contribution in [0.15, 0.2) is 309 Å². The first kappa shape index (κ1) is 48.7. The Balaban J connectivity index is 0.986. The van der Waals surface area contributed by atoms with Crippen LogP contribution in [0.2, 0.25) is 0 Å². The highest BCUT2D eigenvalue weighted by Gasteiger charge is 2.48. The minimum atomic E-state index is -0.209. The van der Waals surface area contributed by atoms with Gasteiger partial charge >= 0.3 is 0 Å². The molecular formula is C78H51B2N3O2. The molecule has 85 heavy (non-hydrogen) atoms. The normalized spacial score (nSPS) is 12.8. The van der Waals surface area contributed by atoms with Crippen molar-refractivity contribution in [2.24, 2.45) is 0 Å². The van der Waals surface area contributed by atoms with Gasteiger partial charge in [-0.3, -0.25) is 0 Å². The highest BCUT2D eigenvalue weighted by Crippen LogP contribution is 2.53. The third-order valence-corrected chi connectivity index (χ3v) is 17.5. The standard InChI is InChI=1S/C78H51B2N3O2/c1-7-26-52(27-8-1)56-46-70-76-71(47-56)83(78-61(54-30-11-3-12-31-54)39-25-40-62(78)55-32-13-4-14-33-55)69-51-73-66(50-65(69)79(76)63-41-20-23-44-68(63)82(70)67-43-22-19-38-60(67)53-28-9-2-10-29-53)80-64-42-21-24-45-72(64)84-74-48-59(49-75(85-73)77(74)80)81(57-34-15-5-16-35-57)58-36-17-6-18-37-58/h1-51H. The number of rotatable bonds is 9. The van der Waals surface area contributed by atoms with Gasteiger partial charge in [-0.15, -0.1) is 0 Å². The van der Waals surface area contributed by atoms with Crippen molar-refractivity contribution >= 4 is 97.4 Å². The van der Waals surface area contributed by atoms with Gasteiger partial charge < -0.3 is 24.2 Å². The fourth-order valence-corrected chi connectivity index (χ4v) is 13.9. The zero-order chi connectivity index (χ0) is 56.0. The van der Waals surface area contributed by atoms with Crippen molar-refractivity contribution in [3.63, 3.8) is 0 Å². The van der Waals surface area contributed by atoms with E-state index >= 15 is 0 Å². The Morgan fingerprint density at radius 3 is 1.32 bits per heavy atom. The fraction of sp³-hybridized carbons (Fsp3) is 0. The number of benzene rings is 13. The van der Waals surface area contributed by atoms with Crippen molar-refractivity contribution in [3.8, 4) is 67.5 Å². The molecule has 0 unspecified atom stereocenters. The van der Waals surface area contributed by atoms with Gasteiger partial charge in [0.05, 0.1) is 17.1 Å². The van der Waals surface area contributed by atoms with E-state index in [1.165, 1.54) is 16.4 Å². The number of hydrogen-bond donors (Lipinski definition) is 0. The molecule has 0 saturated heterocycles. The summed E-state index contributed by atoms with van der Waals surface area (Å²) in [7, 11) is 0. The third kappa shape index (κ3) is 7.88. The lowest BCUT2D eigenvalue weighted by Gasteiger charge is -2.46. The molecule has 4 aliphatic rings. The predicted molar refractivity (Wildman–Crippen MR) is 355 cm³/mol. The zero-order valence-electron chi connectivity index (χ0n) is 46.3. The monoisotopic (exact) mass is 1080 g/mol. The maximum absolute atomic E-state index is 7.63. The first-order valence-corrected chi connectivity index (χ1v) is 29.2. The molecule has 5 nitrogen and oxygen atoms in total. The zero-order valence-corrected chi connectivity index (χ0v) is 46.3. The van der Waals surface area contributed by atoms with Crippen molar-refractivity contribution in [1.29, 1.82) is 0 Å². The molecule has 13 aromatic carbocycles. The van der Waals surface area contributed by atoms with Gasteiger partial charge in [-0.25, -0.2) is 0 Å². The van der Waals surface area contributed by atoms with Crippen molar-refractivity contribution in [3.05, 3.63) is 309 Å². The van der Waals surface area contributed by atoms with Crippen LogP contribution in [0.25, 0.3) is 44.5 Å². The van der Waals surface area contributed by atoms with Gasteiger partial charge in [-0.1, -0.05) is 237 Å². The average Bonchev–Trinajstić information content (AvgIpc) is 1.78. The molecule has 0 radical (unpaired) electrons. The number of nitrogens with zero attached hydrogens (tertiary/aromatic N) is 3. The van der Waals surface area contributed by atoms with Gasteiger partial charge in [-0.2, -0.15) is 0 Å². The topological polar surface area (TPSA) is 28.2 Å². The summed E-state index contributed by atoms with van der Waals surface area (Å²) in [4.78, 5) is 7.44. The Kier molecular flexibility index (Phi) is 11.4. The molecule has 0 atom stereocenters. The quantitative estimate of drug-likeness (QED) is 0.134. The van der Waals surface area contributed by atoms with Crippen LogP contribution in [0.1, 0.15) is 0 Å². The molecule has 13 aromatic rings. The molecule has 0 N–H and O–H groups in total. The van der Waals surface area contributed by atoms with Crippen molar-refractivity contribution < 1.29 is 9.47 Å². The molecule has 17 rings (SSSR count). The van der Waals surface area contributed by atoms with E-state index < -0.39 is 0 Å². The molecular weight excluding hydrogens is 1030 g/mol. The van der Waals surface area contributed by atoms with Gasteiger partial charge in [0.2, 0.25) is 0 Å². The Bertz CT molecular complexity index is 4640. The van der Waals surface area contributed by atoms with Crippen LogP contribution in [0.3, 0.4) is 0 Å². The molecule has 0 bridgehead atoms. The molecule has 396 valence electrons. The summed E-state index contributed by atoms with van der Waals surface area (Å²) in [6, 6.07) is 112. The summed E-state index contributed by atoms with van der Waals surface area (Å²) >= 11 is 0. The summed E-state index contributed by atoms with van der Waals surface area (Å²) < 4.78 is 14.7. The second kappa shape index (κ2) is 19.9. The molecule has 0 fully saturated rings. The molecule has 0 aliphatic carbocycles. The van der Waals surface area contributed by atoms with Crippen LogP contribution < -0.4 is 57.0 Å². The SMILES string of the molecule is c1ccc(-c2cc3c4c(c2)N(c2c(-c5ccccc5)cccc2-c2ccccc2)c2cc5c(cc2B4c2ccccc2N3c2ccccc2-c2ccccc2)B2c3ccccc3Oc3cc(N(c4ccccc4)c4ccccc4)cc(c32)O5)cc1. The van der Waals surface area contributed by atoms with Crippen molar-refractivity contribution in [1.82, 2.24) is 0 Å². The lowest BCUT2D eigenvalue weighted by Crippen LogP contribution is -2.64. The van der Waals surface area contributed by atoms with Gasteiger partial charge in [-0.05, 0) is 110 Å². The van der Waals surface area contributed by atoms with Crippen LogP contribution >= 0.6 is 0 Å². The maximum Gasteiger partial charge on any atom is 0.260 e. The van der Waals surface area contributed by atoms with Gasteiger partial charge in [0.1, 0.15) is 23.0 Å². The van der Waals surface area contributed by atoms with E-state index in [9.17, 15) is 0 Å². The van der Waals surface area contributed by atoms with Crippen LogP contribution in [0, 0.1) is 0 Å². The summed E-state index contributed by atoms with van der Waals surface area (Å²) in [5, 5.41) is 0. The molecule has 0 amide bonds. The van der Waals surface area contributed by atoms with Crippen LogP contribution in [0.5, 0.6) is 23.0 Å². The predicted octanol–water partition coefficient (Wildman–Crippen LogP) is 16.6. The Labute approximate surface area is 495 Å². The largest absolute Gasteiger partial charge is 0.458 e. The lowest BCUT2D eigenvalue weighted by molar-refractivity contribution is 0.465. The molecule has 0 spiro atoms. The summed E-state index contributed by atoms with van der Waals surface area (Å²) in [5.74, 6) is 3.18. The van der Waals surface area contributed by atoms with Crippen molar-refractivity contribution in [2.45, 2.75) is 0 Å². The number of ether oxygens (including phenoxy) is 2. The van der Waals surface area contributed by atoms with Gasteiger partial charge in [0.15, 0.2) is 0 Å². The van der Waals surface area contributed by atoms with E-state index in [4.69, 9.17) is 9.47 Å². The Hall–Kier alpha value is -11.0. The second-order valence-electron chi connectivity index (χ2n) is 22.3. The number of anilines is 9. The molecule has 4 heterocycles. The number of hydrogen-bond acceptors (Lipinski definition) is 5. The van der Waals surface area contributed by atoms with Crippen LogP contribution in [-0.4, -0.2) is 13.4 Å². The summed E-state index contributed by atoms with van der Waals surface area (Å²) in [6.07, 6.45) is 0. The molecule has 0 aromatic heterocycles. The fourth-order valence-electron chi connectivity index (χ4n) is 13.9. The van der Waals surface area contributed by atoms with Crippen LogP contribution in [-0.2, 0) is 0 Å². The Morgan fingerprint density at radius 2 is 0.706 bits per heavy atom. The number of fused-ring (bicyclic) bond motifs is 8. The Morgan fingerprint density at radius 1 is 0.247 bits per heavy atom. The third-order valence-electron chi connectivity index (χ3n) is 17.5. The van der Waals surface area contributed by atoms with Gasteiger partial charge in [0.25, 0.3) is 13.4 Å². The number of para-hydroxylation sites is 6. The average molecular weight is 1080 g/mol. The summed E-state index contributed by atoms with van der Waals surface area (Å²) in [5.41, 5.74) is 25.5. The van der Waals surface area contributed by atoms with E-state index in [-0.39, 0.29) is 13.4 Å².